The Labute approximate surface area is 132 Å². The Morgan fingerprint density at radius 1 is 0.952 bits per heavy atom. The van der Waals surface area contributed by atoms with E-state index in [1.807, 2.05) is 0 Å². The Kier molecular flexibility index (Phi) is 5.91. The monoisotopic (exact) mass is 298 g/mol. The molecule has 0 saturated carbocycles. The van der Waals surface area contributed by atoms with E-state index in [1.54, 1.807) is 0 Å². The third-order valence-corrected chi connectivity index (χ3v) is 4.37. The summed E-state index contributed by atoms with van der Waals surface area (Å²) in [4.78, 5) is 2.64. The van der Waals surface area contributed by atoms with Gasteiger partial charge in [-0.1, -0.05) is 41.5 Å². The van der Waals surface area contributed by atoms with E-state index in [4.69, 9.17) is 4.74 Å². The maximum absolute atomic E-state index is 5.95. The number of ether oxygens (including phenoxy) is 1. The van der Waals surface area contributed by atoms with E-state index in [1.165, 1.54) is 0 Å². The topological polar surface area (TPSA) is 24.5 Å². The maximum atomic E-state index is 5.95. The fraction of sp³-hybridized carbons (Fsp3) is 1.00. The van der Waals surface area contributed by atoms with Crippen LogP contribution in [0.15, 0.2) is 0 Å². The van der Waals surface area contributed by atoms with Gasteiger partial charge in [0, 0.05) is 31.7 Å². The molecule has 1 saturated heterocycles. The van der Waals surface area contributed by atoms with E-state index < -0.39 is 0 Å². The average Bonchev–Trinajstić information content (AvgIpc) is 2.24. The summed E-state index contributed by atoms with van der Waals surface area (Å²) in [5, 5.41) is 3.77. The predicted octanol–water partition coefficient (Wildman–Crippen LogP) is 3.54. The maximum Gasteiger partial charge on any atom is 0.0600 e. The Hall–Kier alpha value is -0.120. The lowest BCUT2D eigenvalue weighted by Crippen LogP contribution is -2.63. The molecular formula is C18H38N2O. The van der Waals surface area contributed by atoms with E-state index in [0.29, 0.717) is 17.5 Å². The third kappa shape index (κ3) is 6.25. The fourth-order valence-corrected chi connectivity index (χ4v) is 2.96. The van der Waals surface area contributed by atoms with E-state index in [2.05, 4.69) is 72.5 Å². The highest BCUT2D eigenvalue weighted by Gasteiger charge is 2.38. The molecule has 1 rings (SSSR count). The molecular weight excluding hydrogens is 260 g/mol. The Bertz CT molecular complexity index is 320. The normalized spacial score (nSPS) is 26.1. The number of nitrogens with one attached hydrogen (secondary N) is 1. The molecule has 126 valence electrons. The second-order valence-electron chi connectivity index (χ2n) is 9.66. The highest BCUT2D eigenvalue weighted by Crippen LogP contribution is 2.30. The second-order valence-corrected chi connectivity index (χ2v) is 9.66. The SMILES string of the molecule is CC(C)(C)OCCN1CC(C(C)(C)C)NCC1C(C)(C)C. The molecule has 3 heteroatoms. The van der Waals surface area contributed by atoms with Crippen molar-refractivity contribution in [2.24, 2.45) is 10.8 Å². The van der Waals surface area contributed by atoms with Gasteiger partial charge in [0.1, 0.15) is 0 Å². The van der Waals surface area contributed by atoms with Gasteiger partial charge in [0.05, 0.1) is 12.2 Å². The van der Waals surface area contributed by atoms with E-state index >= 15 is 0 Å². The average molecular weight is 299 g/mol. The molecule has 1 aliphatic rings. The Balaban J connectivity index is 2.70. The molecule has 2 atom stereocenters. The first-order valence-electron chi connectivity index (χ1n) is 8.42. The predicted molar refractivity (Wildman–Crippen MR) is 91.8 cm³/mol. The molecule has 1 N–H and O–H groups in total. The van der Waals surface area contributed by atoms with Gasteiger partial charge in [0.15, 0.2) is 0 Å². The van der Waals surface area contributed by atoms with Crippen LogP contribution in [-0.4, -0.2) is 48.8 Å². The first-order valence-corrected chi connectivity index (χ1v) is 8.42. The van der Waals surface area contributed by atoms with E-state index in [9.17, 15) is 0 Å². The lowest BCUT2D eigenvalue weighted by molar-refractivity contribution is -0.0379. The second kappa shape index (κ2) is 6.55. The first kappa shape index (κ1) is 18.9. The summed E-state index contributed by atoms with van der Waals surface area (Å²) in [6, 6.07) is 1.12. The van der Waals surface area contributed by atoms with Gasteiger partial charge in [-0.2, -0.15) is 0 Å². The lowest BCUT2D eigenvalue weighted by atomic mass is 9.79. The summed E-state index contributed by atoms with van der Waals surface area (Å²) >= 11 is 0. The third-order valence-electron chi connectivity index (χ3n) is 4.37. The van der Waals surface area contributed by atoms with Gasteiger partial charge in [0.25, 0.3) is 0 Å². The van der Waals surface area contributed by atoms with Crippen molar-refractivity contribution < 1.29 is 4.74 Å². The van der Waals surface area contributed by atoms with E-state index in [-0.39, 0.29) is 11.0 Å². The van der Waals surface area contributed by atoms with Gasteiger partial charge < -0.3 is 10.1 Å². The van der Waals surface area contributed by atoms with Gasteiger partial charge in [-0.25, -0.2) is 0 Å². The van der Waals surface area contributed by atoms with E-state index in [0.717, 1.165) is 26.2 Å². The van der Waals surface area contributed by atoms with Crippen molar-refractivity contribution >= 4 is 0 Å². The van der Waals surface area contributed by atoms with Crippen LogP contribution in [0.1, 0.15) is 62.3 Å². The van der Waals surface area contributed by atoms with Gasteiger partial charge in [-0.15, -0.1) is 0 Å². The number of rotatable bonds is 3. The molecule has 0 aromatic carbocycles. The Morgan fingerprint density at radius 3 is 1.95 bits per heavy atom. The molecule has 0 aliphatic carbocycles. The van der Waals surface area contributed by atoms with Crippen molar-refractivity contribution in [1.82, 2.24) is 10.2 Å². The standard InChI is InChI=1S/C18H38N2O/c1-16(2,3)14-13-20(10-11-21-18(7,8)9)15(12-19-14)17(4,5)6/h14-15,19H,10-13H2,1-9H3. The van der Waals surface area contributed by atoms with Crippen molar-refractivity contribution in [2.45, 2.75) is 80.0 Å². The highest BCUT2D eigenvalue weighted by molar-refractivity contribution is 4.96. The van der Waals surface area contributed by atoms with Crippen LogP contribution < -0.4 is 5.32 Å². The van der Waals surface area contributed by atoms with Crippen LogP contribution >= 0.6 is 0 Å². The molecule has 1 aliphatic heterocycles. The minimum atomic E-state index is -0.0469. The largest absolute Gasteiger partial charge is 0.375 e. The van der Waals surface area contributed by atoms with Crippen molar-refractivity contribution in [3.05, 3.63) is 0 Å². The number of hydrogen-bond donors (Lipinski definition) is 1. The molecule has 0 amide bonds. The van der Waals surface area contributed by atoms with Crippen LogP contribution in [0, 0.1) is 10.8 Å². The molecule has 2 unspecified atom stereocenters. The lowest BCUT2D eigenvalue weighted by Gasteiger charge is -2.49. The van der Waals surface area contributed by atoms with Gasteiger partial charge in [-0.3, -0.25) is 4.90 Å². The molecule has 1 fully saturated rings. The van der Waals surface area contributed by atoms with Crippen LogP contribution in [0.2, 0.25) is 0 Å². The smallest absolute Gasteiger partial charge is 0.0600 e. The zero-order chi connectivity index (χ0) is 16.5. The number of hydrogen-bond acceptors (Lipinski definition) is 3. The van der Waals surface area contributed by atoms with Crippen molar-refractivity contribution in [1.29, 1.82) is 0 Å². The summed E-state index contributed by atoms with van der Waals surface area (Å²) in [5.41, 5.74) is 0.540. The molecule has 0 radical (unpaired) electrons. The highest BCUT2D eigenvalue weighted by atomic mass is 16.5. The molecule has 1 heterocycles. The molecule has 0 spiro atoms. The molecule has 0 aromatic rings. The zero-order valence-electron chi connectivity index (χ0n) is 15.8. The quantitative estimate of drug-likeness (QED) is 0.862. The van der Waals surface area contributed by atoms with Crippen LogP contribution in [-0.2, 0) is 4.74 Å². The van der Waals surface area contributed by atoms with Gasteiger partial charge in [0.2, 0.25) is 0 Å². The van der Waals surface area contributed by atoms with Crippen LogP contribution in [0.5, 0.6) is 0 Å². The Morgan fingerprint density at radius 2 is 1.52 bits per heavy atom. The van der Waals surface area contributed by atoms with Crippen molar-refractivity contribution in [3.8, 4) is 0 Å². The molecule has 0 aromatic heterocycles. The molecule has 3 nitrogen and oxygen atoms in total. The zero-order valence-corrected chi connectivity index (χ0v) is 15.8. The van der Waals surface area contributed by atoms with Crippen molar-refractivity contribution in [2.75, 3.05) is 26.2 Å². The summed E-state index contributed by atoms with van der Waals surface area (Å²) in [5.74, 6) is 0. The fourth-order valence-electron chi connectivity index (χ4n) is 2.96. The summed E-state index contributed by atoms with van der Waals surface area (Å²) in [6.07, 6.45) is 0. The van der Waals surface area contributed by atoms with Gasteiger partial charge in [-0.05, 0) is 31.6 Å². The minimum absolute atomic E-state index is 0.0469. The minimum Gasteiger partial charge on any atom is -0.375 e. The molecule has 0 bridgehead atoms. The van der Waals surface area contributed by atoms with Gasteiger partial charge >= 0.3 is 0 Å². The first-order chi connectivity index (χ1) is 9.31. The van der Waals surface area contributed by atoms with Crippen LogP contribution in [0.4, 0.5) is 0 Å². The molecule has 21 heavy (non-hydrogen) atoms. The summed E-state index contributed by atoms with van der Waals surface area (Å²) in [6.45, 7) is 24.4. The summed E-state index contributed by atoms with van der Waals surface area (Å²) in [7, 11) is 0. The summed E-state index contributed by atoms with van der Waals surface area (Å²) < 4.78 is 5.95. The van der Waals surface area contributed by atoms with Crippen LogP contribution in [0.25, 0.3) is 0 Å². The van der Waals surface area contributed by atoms with Crippen LogP contribution in [0.3, 0.4) is 0 Å². The van der Waals surface area contributed by atoms with Crippen molar-refractivity contribution in [3.63, 3.8) is 0 Å². The number of nitrogens with zero attached hydrogens (tertiary/aromatic N) is 1. The number of piperazine rings is 1.